The summed E-state index contributed by atoms with van der Waals surface area (Å²) in [6.45, 7) is 3.08. The van der Waals surface area contributed by atoms with Gasteiger partial charge in [0.05, 0.1) is 22.1 Å². The number of aryl methyl sites for hydroxylation is 1. The zero-order chi connectivity index (χ0) is 14.1. The predicted molar refractivity (Wildman–Crippen MR) is 81.3 cm³/mol. The van der Waals surface area contributed by atoms with Crippen LogP contribution in [0.15, 0.2) is 30.3 Å². The zero-order valence-corrected chi connectivity index (χ0v) is 11.8. The summed E-state index contributed by atoms with van der Waals surface area (Å²) in [6.07, 6.45) is 0. The predicted octanol–water partition coefficient (Wildman–Crippen LogP) is 3.75. The Morgan fingerprint density at radius 1 is 1.05 bits per heavy atom. The summed E-state index contributed by atoms with van der Waals surface area (Å²) in [7, 11) is 0. The Hall–Kier alpha value is -2.07. The summed E-state index contributed by atoms with van der Waals surface area (Å²) in [4.78, 5) is 0. The maximum absolute atomic E-state index is 6.22. The molecule has 0 saturated carbocycles. The maximum atomic E-state index is 6.22. The van der Waals surface area contributed by atoms with Gasteiger partial charge in [-0.2, -0.15) is 0 Å². The number of ether oxygens (including phenoxy) is 2. The average Bonchev–Trinajstić information content (AvgIpc) is 2.42. The standard InChI is InChI=1S/C15H15ClN2O2/c1-9-2-3-12(10(16)6-9)18-13-8-15-14(7-11(13)17)19-4-5-20-15/h2-3,6-8,18H,4-5,17H2,1H3. The molecule has 0 fully saturated rings. The molecular formula is C15H15ClN2O2. The number of nitrogens with two attached hydrogens (primary N) is 1. The molecule has 104 valence electrons. The van der Waals surface area contributed by atoms with Crippen LogP contribution in [0.25, 0.3) is 0 Å². The topological polar surface area (TPSA) is 56.5 Å². The second-order valence-electron chi connectivity index (χ2n) is 4.69. The number of anilines is 3. The normalized spacial score (nSPS) is 13.1. The Kier molecular flexibility index (Phi) is 3.32. The van der Waals surface area contributed by atoms with E-state index in [0.29, 0.717) is 35.4 Å². The van der Waals surface area contributed by atoms with Gasteiger partial charge in [0, 0.05) is 12.1 Å². The minimum Gasteiger partial charge on any atom is -0.486 e. The molecular weight excluding hydrogens is 276 g/mol. The number of nitrogen functional groups attached to an aromatic ring is 1. The highest BCUT2D eigenvalue weighted by Gasteiger charge is 2.15. The third-order valence-electron chi connectivity index (χ3n) is 3.11. The molecule has 0 spiro atoms. The minimum absolute atomic E-state index is 0.543. The molecule has 1 aliphatic rings. The molecule has 3 rings (SSSR count). The molecule has 2 aromatic rings. The van der Waals surface area contributed by atoms with Crippen LogP contribution in [0.3, 0.4) is 0 Å². The number of fused-ring (bicyclic) bond motifs is 1. The summed E-state index contributed by atoms with van der Waals surface area (Å²) in [5.74, 6) is 1.37. The van der Waals surface area contributed by atoms with E-state index in [9.17, 15) is 0 Å². The Balaban J connectivity index is 1.94. The van der Waals surface area contributed by atoms with Crippen molar-refractivity contribution in [3.63, 3.8) is 0 Å². The second-order valence-corrected chi connectivity index (χ2v) is 5.10. The second kappa shape index (κ2) is 5.13. The Bertz CT molecular complexity index is 659. The van der Waals surface area contributed by atoms with Gasteiger partial charge in [0.2, 0.25) is 0 Å². The molecule has 4 nitrogen and oxygen atoms in total. The highest BCUT2D eigenvalue weighted by atomic mass is 35.5. The van der Waals surface area contributed by atoms with Crippen LogP contribution in [-0.4, -0.2) is 13.2 Å². The van der Waals surface area contributed by atoms with Crippen LogP contribution in [0.5, 0.6) is 11.5 Å². The summed E-state index contributed by atoms with van der Waals surface area (Å²) < 4.78 is 11.0. The van der Waals surface area contributed by atoms with E-state index in [1.54, 1.807) is 6.07 Å². The fourth-order valence-corrected chi connectivity index (χ4v) is 2.36. The Morgan fingerprint density at radius 2 is 1.75 bits per heavy atom. The van der Waals surface area contributed by atoms with Crippen LogP contribution in [-0.2, 0) is 0 Å². The van der Waals surface area contributed by atoms with Crippen molar-refractivity contribution in [2.75, 3.05) is 24.3 Å². The Morgan fingerprint density at radius 3 is 2.45 bits per heavy atom. The first-order chi connectivity index (χ1) is 9.63. The van der Waals surface area contributed by atoms with Crippen LogP contribution in [0, 0.1) is 6.92 Å². The molecule has 5 heteroatoms. The number of hydrogen-bond acceptors (Lipinski definition) is 4. The largest absolute Gasteiger partial charge is 0.486 e. The van der Waals surface area contributed by atoms with Crippen LogP contribution < -0.4 is 20.5 Å². The summed E-state index contributed by atoms with van der Waals surface area (Å²) in [6, 6.07) is 9.41. The lowest BCUT2D eigenvalue weighted by atomic mass is 10.2. The van der Waals surface area contributed by atoms with Crippen molar-refractivity contribution < 1.29 is 9.47 Å². The quantitative estimate of drug-likeness (QED) is 0.827. The third kappa shape index (κ3) is 2.47. The van der Waals surface area contributed by atoms with Crippen LogP contribution in [0.1, 0.15) is 5.56 Å². The van der Waals surface area contributed by atoms with Gasteiger partial charge in [-0.15, -0.1) is 0 Å². The van der Waals surface area contributed by atoms with Gasteiger partial charge in [-0.25, -0.2) is 0 Å². The third-order valence-corrected chi connectivity index (χ3v) is 3.42. The van der Waals surface area contributed by atoms with Gasteiger partial charge in [-0.05, 0) is 24.6 Å². The molecule has 0 atom stereocenters. The van der Waals surface area contributed by atoms with Crippen LogP contribution >= 0.6 is 11.6 Å². The molecule has 0 saturated heterocycles. The number of rotatable bonds is 2. The van der Waals surface area contributed by atoms with Gasteiger partial charge >= 0.3 is 0 Å². The molecule has 0 amide bonds. The molecule has 0 radical (unpaired) electrons. The van der Waals surface area contributed by atoms with E-state index < -0.39 is 0 Å². The van der Waals surface area contributed by atoms with Crippen molar-refractivity contribution in [3.05, 3.63) is 40.9 Å². The fraction of sp³-hybridized carbons (Fsp3) is 0.200. The smallest absolute Gasteiger partial charge is 0.163 e. The average molecular weight is 291 g/mol. The van der Waals surface area contributed by atoms with Crippen molar-refractivity contribution in [2.24, 2.45) is 0 Å². The highest BCUT2D eigenvalue weighted by Crippen LogP contribution is 2.39. The first kappa shape index (κ1) is 12.9. The Labute approximate surface area is 122 Å². The van der Waals surface area contributed by atoms with Gasteiger partial charge in [-0.1, -0.05) is 17.7 Å². The maximum Gasteiger partial charge on any atom is 0.163 e. The lowest BCUT2D eigenvalue weighted by molar-refractivity contribution is 0.172. The van der Waals surface area contributed by atoms with Crippen molar-refractivity contribution >= 4 is 28.7 Å². The van der Waals surface area contributed by atoms with E-state index in [2.05, 4.69) is 5.32 Å². The molecule has 20 heavy (non-hydrogen) atoms. The molecule has 0 unspecified atom stereocenters. The first-order valence-corrected chi connectivity index (χ1v) is 6.73. The highest BCUT2D eigenvalue weighted by molar-refractivity contribution is 6.33. The van der Waals surface area contributed by atoms with Gasteiger partial charge in [-0.3, -0.25) is 0 Å². The van der Waals surface area contributed by atoms with Crippen molar-refractivity contribution in [2.45, 2.75) is 6.92 Å². The van der Waals surface area contributed by atoms with Crippen LogP contribution in [0.2, 0.25) is 5.02 Å². The monoisotopic (exact) mass is 290 g/mol. The van der Waals surface area contributed by atoms with Gasteiger partial charge in [0.25, 0.3) is 0 Å². The fourth-order valence-electron chi connectivity index (χ4n) is 2.08. The van der Waals surface area contributed by atoms with Crippen molar-refractivity contribution in [3.8, 4) is 11.5 Å². The van der Waals surface area contributed by atoms with E-state index in [1.807, 2.05) is 31.2 Å². The van der Waals surface area contributed by atoms with E-state index in [4.69, 9.17) is 26.8 Å². The zero-order valence-electron chi connectivity index (χ0n) is 11.1. The van der Waals surface area contributed by atoms with Crippen molar-refractivity contribution in [1.82, 2.24) is 0 Å². The number of benzene rings is 2. The molecule has 1 heterocycles. The number of halogens is 1. The van der Waals surface area contributed by atoms with Gasteiger partial charge < -0.3 is 20.5 Å². The summed E-state index contributed by atoms with van der Waals surface area (Å²) >= 11 is 6.22. The first-order valence-electron chi connectivity index (χ1n) is 6.36. The molecule has 2 aromatic carbocycles. The van der Waals surface area contributed by atoms with Crippen molar-refractivity contribution in [1.29, 1.82) is 0 Å². The van der Waals surface area contributed by atoms with Crippen LogP contribution in [0.4, 0.5) is 17.1 Å². The van der Waals surface area contributed by atoms with E-state index in [1.165, 1.54) is 0 Å². The summed E-state index contributed by atoms with van der Waals surface area (Å²) in [5.41, 5.74) is 9.28. The molecule has 0 aromatic heterocycles. The lowest BCUT2D eigenvalue weighted by Gasteiger charge is -2.20. The van der Waals surface area contributed by atoms with E-state index in [0.717, 1.165) is 16.9 Å². The van der Waals surface area contributed by atoms with Gasteiger partial charge in [0.1, 0.15) is 13.2 Å². The molecule has 0 aliphatic carbocycles. The van der Waals surface area contributed by atoms with E-state index >= 15 is 0 Å². The SMILES string of the molecule is Cc1ccc(Nc2cc3c(cc2N)OCCO3)c(Cl)c1. The lowest BCUT2D eigenvalue weighted by Crippen LogP contribution is -2.15. The number of nitrogens with one attached hydrogen (secondary N) is 1. The molecule has 1 aliphatic heterocycles. The minimum atomic E-state index is 0.543. The van der Waals surface area contributed by atoms with E-state index in [-0.39, 0.29) is 0 Å². The van der Waals surface area contributed by atoms with Gasteiger partial charge in [0.15, 0.2) is 11.5 Å². The molecule has 3 N–H and O–H groups in total. The molecule has 0 bridgehead atoms. The number of hydrogen-bond donors (Lipinski definition) is 2. The summed E-state index contributed by atoms with van der Waals surface area (Å²) in [5, 5.41) is 3.88.